The van der Waals surface area contributed by atoms with Crippen molar-refractivity contribution < 1.29 is 4.79 Å². The lowest BCUT2D eigenvalue weighted by Crippen LogP contribution is -2.19. The zero-order valence-electron chi connectivity index (χ0n) is 12.3. The highest BCUT2D eigenvalue weighted by atomic mass is 35.5. The molecule has 2 amide bonds. The van der Waals surface area contributed by atoms with E-state index in [9.17, 15) is 4.79 Å². The minimum Gasteiger partial charge on any atom is -0.308 e. The van der Waals surface area contributed by atoms with Crippen molar-refractivity contribution >= 4 is 29.0 Å². The van der Waals surface area contributed by atoms with Crippen molar-refractivity contribution in [3.8, 4) is 11.1 Å². The van der Waals surface area contributed by atoms with Crippen LogP contribution in [0.1, 0.15) is 0 Å². The van der Waals surface area contributed by atoms with E-state index < -0.39 is 0 Å². The van der Waals surface area contributed by atoms with Gasteiger partial charge < -0.3 is 10.6 Å². The van der Waals surface area contributed by atoms with Crippen molar-refractivity contribution in [1.29, 1.82) is 0 Å². The number of nitrogens with one attached hydrogen (secondary N) is 2. The highest BCUT2D eigenvalue weighted by Gasteiger charge is 2.08. The topological polar surface area (TPSA) is 41.1 Å². The van der Waals surface area contributed by atoms with E-state index in [1.807, 2.05) is 54.6 Å². The van der Waals surface area contributed by atoms with Gasteiger partial charge in [-0.3, -0.25) is 0 Å². The summed E-state index contributed by atoms with van der Waals surface area (Å²) in [6.45, 7) is 0. The first-order chi connectivity index (χ1) is 11.2. The van der Waals surface area contributed by atoms with Gasteiger partial charge in [-0.2, -0.15) is 0 Å². The van der Waals surface area contributed by atoms with Crippen LogP contribution in [0.2, 0.25) is 5.02 Å². The summed E-state index contributed by atoms with van der Waals surface area (Å²) in [6, 6.07) is 24.3. The summed E-state index contributed by atoms with van der Waals surface area (Å²) in [5.41, 5.74) is 3.41. The van der Waals surface area contributed by atoms with Crippen LogP contribution in [0.25, 0.3) is 11.1 Å². The van der Waals surface area contributed by atoms with Crippen molar-refractivity contribution in [3.63, 3.8) is 0 Å². The zero-order chi connectivity index (χ0) is 16.1. The van der Waals surface area contributed by atoms with Gasteiger partial charge in [0.1, 0.15) is 0 Å². The van der Waals surface area contributed by atoms with Gasteiger partial charge >= 0.3 is 6.03 Å². The fraction of sp³-hybridized carbons (Fsp3) is 0. The van der Waals surface area contributed by atoms with Crippen LogP contribution >= 0.6 is 11.6 Å². The van der Waals surface area contributed by atoms with E-state index in [0.717, 1.165) is 16.8 Å². The van der Waals surface area contributed by atoms with Gasteiger partial charge in [0.25, 0.3) is 0 Å². The molecule has 3 aromatic carbocycles. The van der Waals surface area contributed by atoms with E-state index in [0.29, 0.717) is 10.7 Å². The molecule has 114 valence electrons. The lowest BCUT2D eigenvalue weighted by atomic mass is 10.0. The van der Waals surface area contributed by atoms with Gasteiger partial charge in [-0.1, -0.05) is 66.2 Å². The van der Waals surface area contributed by atoms with E-state index in [1.54, 1.807) is 24.3 Å². The highest BCUT2D eigenvalue weighted by molar-refractivity contribution is 6.30. The summed E-state index contributed by atoms with van der Waals surface area (Å²) in [7, 11) is 0. The summed E-state index contributed by atoms with van der Waals surface area (Å²) in [5.74, 6) is 0. The van der Waals surface area contributed by atoms with E-state index >= 15 is 0 Å². The number of para-hydroxylation sites is 1. The number of hydrogen-bond donors (Lipinski definition) is 2. The lowest BCUT2D eigenvalue weighted by molar-refractivity contribution is 0.262. The molecule has 0 radical (unpaired) electrons. The molecule has 3 rings (SSSR count). The van der Waals surface area contributed by atoms with Crippen LogP contribution in [-0.2, 0) is 0 Å². The molecule has 0 aliphatic heterocycles. The maximum Gasteiger partial charge on any atom is 0.323 e. The van der Waals surface area contributed by atoms with Gasteiger partial charge in [0, 0.05) is 16.3 Å². The largest absolute Gasteiger partial charge is 0.323 e. The molecule has 23 heavy (non-hydrogen) atoms. The molecule has 0 saturated heterocycles. The first-order valence-electron chi connectivity index (χ1n) is 7.20. The first kappa shape index (κ1) is 15.1. The number of anilines is 2. The van der Waals surface area contributed by atoms with E-state index in [4.69, 9.17) is 11.6 Å². The van der Waals surface area contributed by atoms with Crippen LogP contribution in [-0.4, -0.2) is 6.03 Å². The van der Waals surface area contributed by atoms with E-state index in [2.05, 4.69) is 10.6 Å². The third-order valence-electron chi connectivity index (χ3n) is 3.34. The van der Waals surface area contributed by atoms with Crippen LogP contribution in [0.5, 0.6) is 0 Å². The number of carbonyl (C=O) groups excluding carboxylic acids is 1. The molecular weight excluding hydrogens is 308 g/mol. The maximum atomic E-state index is 12.2. The Bertz CT molecular complexity index is 818. The van der Waals surface area contributed by atoms with Crippen molar-refractivity contribution in [2.75, 3.05) is 10.6 Å². The molecule has 0 spiro atoms. The molecule has 4 heteroatoms. The SMILES string of the molecule is O=C(Nc1cccc(Cl)c1)Nc1ccccc1-c1ccccc1. The van der Waals surface area contributed by atoms with Gasteiger partial charge in [-0.15, -0.1) is 0 Å². The van der Waals surface area contributed by atoms with Crippen LogP contribution in [0.3, 0.4) is 0 Å². The van der Waals surface area contributed by atoms with Crippen LogP contribution < -0.4 is 10.6 Å². The monoisotopic (exact) mass is 322 g/mol. The molecule has 0 aliphatic rings. The standard InChI is InChI=1S/C19H15ClN2O/c20-15-9-6-10-16(13-15)21-19(23)22-18-12-5-4-11-17(18)14-7-2-1-3-8-14/h1-13H,(H2,21,22,23). The van der Waals surface area contributed by atoms with Crippen molar-refractivity contribution in [3.05, 3.63) is 83.9 Å². The van der Waals surface area contributed by atoms with Gasteiger partial charge in [-0.25, -0.2) is 4.79 Å². The van der Waals surface area contributed by atoms with Gasteiger partial charge in [-0.05, 0) is 29.8 Å². The van der Waals surface area contributed by atoms with Crippen LogP contribution in [0.4, 0.5) is 16.2 Å². The summed E-state index contributed by atoms with van der Waals surface area (Å²) >= 11 is 5.92. The average molecular weight is 323 g/mol. The van der Waals surface area contributed by atoms with Crippen molar-refractivity contribution in [2.45, 2.75) is 0 Å². The number of rotatable bonds is 3. The Labute approximate surface area is 139 Å². The molecule has 2 N–H and O–H groups in total. The minimum absolute atomic E-state index is 0.310. The van der Waals surface area contributed by atoms with E-state index in [1.165, 1.54) is 0 Å². The third kappa shape index (κ3) is 3.90. The molecule has 0 bridgehead atoms. The Hall–Kier alpha value is -2.78. The normalized spacial score (nSPS) is 10.1. The molecule has 0 aromatic heterocycles. The Morgan fingerprint density at radius 3 is 2.30 bits per heavy atom. The summed E-state index contributed by atoms with van der Waals surface area (Å²) in [5, 5.41) is 6.24. The van der Waals surface area contributed by atoms with Gasteiger partial charge in [0.2, 0.25) is 0 Å². The Morgan fingerprint density at radius 2 is 1.52 bits per heavy atom. The van der Waals surface area contributed by atoms with Gasteiger partial charge in [0.15, 0.2) is 0 Å². The number of urea groups is 1. The fourth-order valence-electron chi connectivity index (χ4n) is 2.31. The fourth-order valence-corrected chi connectivity index (χ4v) is 2.50. The molecule has 0 aliphatic carbocycles. The van der Waals surface area contributed by atoms with Crippen LogP contribution in [0.15, 0.2) is 78.9 Å². The first-order valence-corrected chi connectivity index (χ1v) is 7.58. The smallest absolute Gasteiger partial charge is 0.308 e. The lowest BCUT2D eigenvalue weighted by Gasteiger charge is -2.12. The number of benzene rings is 3. The predicted molar refractivity (Wildman–Crippen MR) is 96.0 cm³/mol. The number of hydrogen-bond acceptors (Lipinski definition) is 1. The number of amides is 2. The van der Waals surface area contributed by atoms with Gasteiger partial charge in [0.05, 0.1) is 5.69 Å². The molecule has 0 atom stereocenters. The highest BCUT2D eigenvalue weighted by Crippen LogP contribution is 2.27. The average Bonchev–Trinajstić information content (AvgIpc) is 2.56. The Balaban J connectivity index is 1.79. The second kappa shape index (κ2) is 6.99. The summed E-state index contributed by atoms with van der Waals surface area (Å²) < 4.78 is 0. The summed E-state index contributed by atoms with van der Waals surface area (Å²) in [4.78, 5) is 12.2. The molecule has 0 unspecified atom stereocenters. The molecule has 3 nitrogen and oxygen atoms in total. The van der Waals surface area contributed by atoms with Crippen molar-refractivity contribution in [1.82, 2.24) is 0 Å². The predicted octanol–water partition coefficient (Wildman–Crippen LogP) is 5.65. The maximum absolute atomic E-state index is 12.2. The Morgan fingerprint density at radius 1 is 0.783 bits per heavy atom. The molecule has 3 aromatic rings. The number of carbonyl (C=O) groups is 1. The van der Waals surface area contributed by atoms with Crippen LogP contribution in [0, 0.1) is 0 Å². The second-order valence-electron chi connectivity index (χ2n) is 5.00. The summed E-state index contributed by atoms with van der Waals surface area (Å²) in [6.07, 6.45) is 0. The van der Waals surface area contributed by atoms with Crippen molar-refractivity contribution in [2.24, 2.45) is 0 Å². The molecule has 0 saturated carbocycles. The molecule has 0 heterocycles. The molecule has 0 fully saturated rings. The minimum atomic E-state index is -0.310. The quantitative estimate of drug-likeness (QED) is 0.642. The number of halogens is 1. The zero-order valence-corrected chi connectivity index (χ0v) is 13.0. The molecular formula is C19H15ClN2O. The van der Waals surface area contributed by atoms with E-state index in [-0.39, 0.29) is 6.03 Å². The second-order valence-corrected chi connectivity index (χ2v) is 5.44. The Kier molecular flexibility index (Phi) is 4.60. The third-order valence-corrected chi connectivity index (χ3v) is 3.58.